The van der Waals surface area contributed by atoms with E-state index in [9.17, 15) is 14.0 Å². The topological polar surface area (TPSA) is 71.2 Å². The number of aromatic amines is 1. The van der Waals surface area contributed by atoms with Gasteiger partial charge in [0, 0.05) is 18.0 Å². The summed E-state index contributed by atoms with van der Waals surface area (Å²) in [5.41, 5.74) is 0.353. The van der Waals surface area contributed by atoms with Crippen LogP contribution in [0.1, 0.15) is 10.4 Å². The van der Waals surface area contributed by atoms with Gasteiger partial charge >= 0.3 is 0 Å². The summed E-state index contributed by atoms with van der Waals surface area (Å²) in [6.07, 6.45) is 1.44. The van der Waals surface area contributed by atoms with Gasteiger partial charge in [-0.15, -0.1) is 0 Å². The summed E-state index contributed by atoms with van der Waals surface area (Å²) >= 11 is 0. The summed E-state index contributed by atoms with van der Waals surface area (Å²) in [5.74, 6) is -0.0553. The number of amides is 1. The van der Waals surface area contributed by atoms with E-state index in [1.165, 1.54) is 36.5 Å². The van der Waals surface area contributed by atoms with Crippen LogP contribution in [0.25, 0.3) is 0 Å². The van der Waals surface area contributed by atoms with Crippen LogP contribution in [0.15, 0.2) is 71.7 Å². The number of ether oxygens (including phenoxy) is 1. The van der Waals surface area contributed by atoms with E-state index in [1.54, 1.807) is 30.3 Å². The molecule has 6 heteroatoms. The van der Waals surface area contributed by atoms with Gasteiger partial charge in [0.2, 0.25) is 5.56 Å². The van der Waals surface area contributed by atoms with Crippen molar-refractivity contribution < 1.29 is 13.9 Å². The molecule has 3 rings (SSSR count). The van der Waals surface area contributed by atoms with E-state index in [2.05, 4.69) is 10.3 Å². The molecule has 0 saturated carbocycles. The highest BCUT2D eigenvalue weighted by Gasteiger charge is 2.13. The molecule has 0 unspecified atom stereocenters. The van der Waals surface area contributed by atoms with Crippen LogP contribution in [0.2, 0.25) is 0 Å². The molecule has 0 radical (unpaired) electrons. The maximum atomic E-state index is 13.0. The summed E-state index contributed by atoms with van der Waals surface area (Å²) in [7, 11) is 0. The van der Waals surface area contributed by atoms with E-state index in [0.717, 1.165) is 0 Å². The number of hydrogen-bond acceptors (Lipinski definition) is 3. The SMILES string of the molecule is O=C(Nc1cc[nH]c(=O)c1)c1ccccc1Oc1ccc(F)cc1. The Bertz CT molecular complexity index is 920. The molecule has 0 bridgehead atoms. The first-order valence-corrected chi connectivity index (χ1v) is 7.14. The Labute approximate surface area is 136 Å². The molecule has 0 saturated heterocycles. The maximum absolute atomic E-state index is 13.0. The van der Waals surface area contributed by atoms with E-state index >= 15 is 0 Å². The largest absolute Gasteiger partial charge is 0.457 e. The maximum Gasteiger partial charge on any atom is 0.259 e. The van der Waals surface area contributed by atoms with Crippen molar-refractivity contribution >= 4 is 11.6 Å². The van der Waals surface area contributed by atoms with Gasteiger partial charge in [-0.05, 0) is 42.5 Å². The average molecular weight is 324 g/mol. The number of anilines is 1. The number of carbonyl (C=O) groups excluding carboxylic acids is 1. The van der Waals surface area contributed by atoms with Gasteiger partial charge in [-0.25, -0.2) is 4.39 Å². The number of hydrogen-bond donors (Lipinski definition) is 2. The van der Waals surface area contributed by atoms with Crippen molar-refractivity contribution in [3.05, 3.63) is 88.6 Å². The third-order valence-electron chi connectivity index (χ3n) is 3.21. The van der Waals surface area contributed by atoms with Crippen LogP contribution in [0.5, 0.6) is 11.5 Å². The predicted molar refractivity (Wildman–Crippen MR) is 87.9 cm³/mol. The normalized spacial score (nSPS) is 10.2. The zero-order chi connectivity index (χ0) is 16.9. The molecular weight excluding hydrogens is 311 g/mol. The van der Waals surface area contributed by atoms with Crippen LogP contribution in [0.3, 0.4) is 0 Å². The summed E-state index contributed by atoms with van der Waals surface area (Å²) in [4.78, 5) is 26.2. The second kappa shape index (κ2) is 6.78. The first kappa shape index (κ1) is 15.5. The Kier molecular flexibility index (Phi) is 4.38. The summed E-state index contributed by atoms with van der Waals surface area (Å²) in [6, 6.07) is 15.0. The summed E-state index contributed by atoms with van der Waals surface area (Å²) in [5, 5.41) is 2.64. The molecule has 1 heterocycles. The van der Waals surface area contributed by atoms with Gasteiger partial charge in [0.25, 0.3) is 5.91 Å². The third-order valence-corrected chi connectivity index (χ3v) is 3.21. The van der Waals surface area contributed by atoms with Crippen molar-refractivity contribution in [1.29, 1.82) is 0 Å². The number of halogens is 1. The fourth-order valence-electron chi connectivity index (χ4n) is 2.09. The molecule has 2 aromatic carbocycles. The molecular formula is C18H13FN2O3. The zero-order valence-electron chi connectivity index (χ0n) is 12.5. The second-order valence-corrected chi connectivity index (χ2v) is 4.95. The highest BCUT2D eigenvalue weighted by Crippen LogP contribution is 2.26. The minimum absolute atomic E-state index is 0.294. The van der Waals surface area contributed by atoms with Gasteiger partial charge in [0.1, 0.15) is 17.3 Å². The lowest BCUT2D eigenvalue weighted by molar-refractivity contribution is 0.102. The van der Waals surface area contributed by atoms with E-state index < -0.39 is 5.91 Å². The molecule has 1 amide bonds. The summed E-state index contributed by atoms with van der Waals surface area (Å²) in [6.45, 7) is 0. The van der Waals surface area contributed by atoms with Crippen molar-refractivity contribution in [2.75, 3.05) is 5.32 Å². The Hall–Kier alpha value is -3.41. The highest BCUT2D eigenvalue weighted by molar-refractivity contribution is 6.06. The number of H-pyrrole nitrogens is 1. The first-order chi connectivity index (χ1) is 11.6. The monoisotopic (exact) mass is 324 g/mol. The van der Waals surface area contributed by atoms with Crippen LogP contribution >= 0.6 is 0 Å². The molecule has 3 aromatic rings. The molecule has 24 heavy (non-hydrogen) atoms. The van der Waals surface area contributed by atoms with Crippen molar-refractivity contribution in [3.8, 4) is 11.5 Å². The molecule has 0 fully saturated rings. The molecule has 5 nitrogen and oxygen atoms in total. The van der Waals surface area contributed by atoms with Gasteiger partial charge in [-0.2, -0.15) is 0 Å². The molecule has 1 aromatic heterocycles. The van der Waals surface area contributed by atoms with Gasteiger partial charge in [-0.3, -0.25) is 9.59 Å². The van der Waals surface area contributed by atoms with Crippen LogP contribution in [-0.4, -0.2) is 10.9 Å². The Morgan fingerprint density at radius 3 is 2.54 bits per heavy atom. The van der Waals surface area contributed by atoms with E-state index in [-0.39, 0.29) is 11.4 Å². The van der Waals surface area contributed by atoms with Crippen LogP contribution in [-0.2, 0) is 0 Å². The first-order valence-electron chi connectivity index (χ1n) is 7.14. The van der Waals surface area contributed by atoms with E-state index in [1.807, 2.05) is 0 Å². The highest BCUT2D eigenvalue weighted by atomic mass is 19.1. The number of carbonyl (C=O) groups is 1. The standard InChI is InChI=1S/C18H13FN2O3/c19-12-5-7-14(8-6-12)24-16-4-2-1-3-15(16)18(23)21-13-9-10-20-17(22)11-13/h1-11H,(H2,20,21,22,23). The van der Waals surface area contributed by atoms with Gasteiger partial charge in [0.15, 0.2) is 0 Å². The van der Waals surface area contributed by atoms with Crippen molar-refractivity contribution in [3.63, 3.8) is 0 Å². The summed E-state index contributed by atoms with van der Waals surface area (Å²) < 4.78 is 18.6. The van der Waals surface area contributed by atoms with E-state index in [4.69, 9.17) is 4.74 Å². The Balaban J connectivity index is 1.84. The quantitative estimate of drug-likeness (QED) is 0.771. The van der Waals surface area contributed by atoms with Crippen LogP contribution in [0, 0.1) is 5.82 Å². The molecule has 0 spiro atoms. The fraction of sp³-hybridized carbons (Fsp3) is 0. The minimum Gasteiger partial charge on any atom is -0.457 e. The van der Waals surface area contributed by atoms with Crippen molar-refractivity contribution in [2.45, 2.75) is 0 Å². The van der Waals surface area contributed by atoms with Gasteiger partial charge in [0.05, 0.1) is 5.56 Å². The molecule has 0 aliphatic rings. The number of para-hydroxylation sites is 1. The van der Waals surface area contributed by atoms with Crippen molar-refractivity contribution in [1.82, 2.24) is 4.98 Å². The van der Waals surface area contributed by atoms with Crippen LogP contribution < -0.4 is 15.6 Å². The van der Waals surface area contributed by atoms with Crippen LogP contribution in [0.4, 0.5) is 10.1 Å². The molecule has 0 atom stereocenters. The lowest BCUT2D eigenvalue weighted by Crippen LogP contribution is -2.15. The Morgan fingerprint density at radius 2 is 1.79 bits per heavy atom. The average Bonchev–Trinajstić information content (AvgIpc) is 2.57. The molecule has 120 valence electrons. The molecule has 0 aliphatic heterocycles. The number of nitrogens with one attached hydrogen (secondary N) is 2. The number of pyridine rings is 1. The smallest absolute Gasteiger partial charge is 0.259 e. The second-order valence-electron chi connectivity index (χ2n) is 4.95. The predicted octanol–water partition coefficient (Wildman–Crippen LogP) is 3.56. The van der Waals surface area contributed by atoms with Crippen molar-refractivity contribution in [2.24, 2.45) is 0 Å². The minimum atomic E-state index is -0.418. The lowest BCUT2D eigenvalue weighted by atomic mass is 10.2. The lowest BCUT2D eigenvalue weighted by Gasteiger charge is -2.11. The number of rotatable bonds is 4. The van der Waals surface area contributed by atoms with Gasteiger partial charge < -0.3 is 15.0 Å². The number of benzene rings is 2. The zero-order valence-corrected chi connectivity index (χ0v) is 12.5. The molecule has 0 aliphatic carbocycles. The number of aromatic nitrogens is 1. The fourth-order valence-corrected chi connectivity index (χ4v) is 2.09. The Morgan fingerprint density at radius 1 is 1.04 bits per heavy atom. The molecule has 2 N–H and O–H groups in total. The van der Waals surface area contributed by atoms with Gasteiger partial charge in [-0.1, -0.05) is 12.1 Å². The van der Waals surface area contributed by atoms with E-state index in [0.29, 0.717) is 22.7 Å². The third kappa shape index (κ3) is 3.67.